The minimum Gasteiger partial charge on any atom is -0.387 e. The zero-order valence-electron chi connectivity index (χ0n) is 14.4. The van der Waals surface area contributed by atoms with Crippen LogP contribution in [0.1, 0.15) is 11.8 Å². The SMILES string of the molecule is Nc1nc(Cl)nc2c1ncn2[C@@H]1O[C@H](COCc2ccccc2Cl)[C@@H](O)[C@@H]1F. The Morgan fingerprint density at radius 2 is 2.07 bits per heavy atom. The Kier molecular flexibility index (Phi) is 5.35. The number of benzene rings is 1. The normalized spacial score (nSPS) is 24.9. The molecule has 3 N–H and O–H groups in total. The third kappa shape index (κ3) is 3.51. The minimum absolute atomic E-state index is 0.0200. The number of nitrogens with two attached hydrogens (primary N) is 1. The van der Waals surface area contributed by atoms with Gasteiger partial charge in [0, 0.05) is 5.02 Å². The van der Waals surface area contributed by atoms with Crippen LogP contribution in [0, 0.1) is 0 Å². The Labute approximate surface area is 169 Å². The van der Waals surface area contributed by atoms with Crippen LogP contribution in [-0.2, 0) is 16.1 Å². The summed E-state index contributed by atoms with van der Waals surface area (Å²) in [5.74, 6) is 0.0716. The maximum absolute atomic E-state index is 14.7. The molecule has 1 aromatic carbocycles. The molecule has 0 radical (unpaired) electrons. The Hall–Kier alpha value is -2.04. The molecule has 2 aromatic heterocycles. The molecule has 4 atom stereocenters. The quantitative estimate of drug-likeness (QED) is 0.602. The van der Waals surface area contributed by atoms with Gasteiger partial charge in [0.1, 0.15) is 17.7 Å². The second-order valence-electron chi connectivity index (χ2n) is 6.31. The summed E-state index contributed by atoms with van der Waals surface area (Å²) in [5, 5.41) is 10.7. The molecule has 8 nitrogen and oxygen atoms in total. The number of nitrogens with zero attached hydrogens (tertiary/aromatic N) is 4. The van der Waals surface area contributed by atoms with Gasteiger partial charge in [0.05, 0.1) is 19.5 Å². The van der Waals surface area contributed by atoms with Crippen molar-refractivity contribution in [1.82, 2.24) is 19.5 Å². The number of aromatic nitrogens is 4. The van der Waals surface area contributed by atoms with Crippen molar-refractivity contribution in [3.63, 3.8) is 0 Å². The molecule has 1 aliphatic heterocycles. The highest BCUT2D eigenvalue weighted by molar-refractivity contribution is 6.31. The van der Waals surface area contributed by atoms with Gasteiger partial charge in [-0.15, -0.1) is 0 Å². The van der Waals surface area contributed by atoms with Crippen molar-refractivity contribution in [3.05, 3.63) is 46.5 Å². The number of nitrogen functional groups attached to an aromatic ring is 1. The molecular formula is C17H16Cl2FN5O3. The van der Waals surface area contributed by atoms with E-state index in [4.69, 9.17) is 38.4 Å². The molecule has 3 aromatic rings. The molecule has 0 amide bonds. The number of imidazole rings is 1. The number of ether oxygens (including phenoxy) is 2. The van der Waals surface area contributed by atoms with Gasteiger partial charge in [-0.1, -0.05) is 29.8 Å². The van der Waals surface area contributed by atoms with Gasteiger partial charge in [-0.05, 0) is 23.2 Å². The number of aliphatic hydroxyl groups is 1. The minimum atomic E-state index is -1.72. The average Bonchev–Trinajstić information content (AvgIpc) is 3.19. The molecule has 28 heavy (non-hydrogen) atoms. The van der Waals surface area contributed by atoms with Crippen molar-refractivity contribution in [2.24, 2.45) is 0 Å². The topological polar surface area (TPSA) is 108 Å². The van der Waals surface area contributed by atoms with Gasteiger partial charge < -0.3 is 20.3 Å². The molecule has 1 aliphatic rings. The number of hydrogen-bond donors (Lipinski definition) is 2. The number of rotatable bonds is 5. The van der Waals surface area contributed by atoms with Crippen LogP contribution >= 0.6 is 23.2 Å². The van der Waals surface area contributed by atoms with Crippen LogP contribution in [0.5, 0.6) is 0 Å². The number of anilines is 1. The lowest BCUT2D eigenvalue weighted by Crippen LogP contribution is -2.31. The molecule has 1 fully saturated rings. The Morgan fingerprint density at radius 3 is 2.86 bits per heavy atom. The van der Waals surface area contributed by atoms with Gasteiger partial charge in [-0.3, -0.25) is 4.57 Å². The fraction of sp³-hybridized carbons (Fsp3) is 0.353. The summed E-state index contributed by atoms with van der Waals surface area (Å²) in [5.41, 5.74) is 7.04. The van der Waals surface area contributed by atoms with Crippen molar-refractivity contribution < 1.29 is 19.0 Å². The van der Waals surface area contributed by atoms with E-state index < -0.39 is 24.6 Å². The monoisotopic (exact) mass is 427 g/mol. The lowest BCUT2D eigenvalue weighted by molar-refractivity contribution is -0.0660. The van der Waals surface area contributed by atoms with Crippen LogP contribution in [0.4, 0.5) is 10.2 Å². The first-order chi connectivity index (χ1) is 13.5. The predicted octanol–water partition coefficient (Wildman–Crippen LogP) is 2.53. The second-order valence-corrected chi connectivity index (χ2v) is 7.05. The first-order valence-corrected chi connectivity index (χ1v) is 9.15. The van der Waals surface area contributed by atoms with Crippen molar-refractivity contribution in [2.75, 3.05) is 12.3 Å². The lowest BCUT2D eigenvalue weighted by atomic mass is 10.1. The summed E-state index contributed by atoms with van der Waals surface area (Å²) in [6.07, 6.45) is -3.82. The zero-order chi connectivity index (χ0) is 19.8. The number of halogens is 3. The van der Waals surface area contributed by atoms with Crippen molar-refractivity contribution in [1.29, 1.82) is 0 Å². The van der Waals surface area contributed by atoms with Gasteiger partial charge >= 0.3 is 0 Å². The highest BCUT2D eigenvalue weighted by atomic mass is 35.5. The fourth-order valence-corrected chi connectivity index (χ4v) is 3.42. The van der Waals surface area contributed by atoms with Crippen LogP contribution in [0.25, 0.3) is 11.2 Å². The standard InChI is InChI=1S/C17H16Cl2FN5O3/c18-9-4-2-1-3-8(9)5-27-6-10-13(26)11(20)16(28-10)25-7-22-12-14(21)23-17(19)24-15(12)25/h1-4,7,10-11,13,16,26H,5-6H2,(H2,21,23,24)/t10-,11+,13-,16-/m1/s1. The Balaban J connectivity index is 1.48. The molecule has 0 saturated carbocycles. The van der Waals surface area contributed by atoms with E-state index in [9.17, 15) is 9.50 Å². The number of aliphatic hydroxyl groups excluding tert-OH is 1. The predicted molar refractivity (Wildman–Crippen MR) is 101 cm³/mol. The maximum atomic E-state index is 14.7. The highest BCUT2D eigenvalue weighted by Gasteiger charge is 2.46. The molecule has 11 heteroatoms. The van der Waals surface area contributed by atoms with E-state index in [1.54, 1.807) is 6.07 Å². The average molecular weight is 428 g/mol. The molecule has 0 aliphatic carbocycles. The summed E-state index contributed by atoms with van der Waals surface area (Å²) in [6.45, 7) is 0.190. The van der Waals surface area contributed by atoms with Crippen LogP contribution in [-0.4, -0.2) is 49.6 Å². The van der Waals surface area contributed by atoms with E-state index in [0.717, 1.165) is 5.56 Å². The van der Waals surface area contributed by atoms with Gasteiger partial charge in [0.2, 0.25) is 5.28 Å². The van der Waals surface area contributed by atoms with E-state index >= 15 is 0 Å². The molecule has 0 bridgehead atoms. The number of alkyl halides is 1. The molecule has 3 heterocycles. The van der Waals surface area contributed by atoms with Crippen molar-refractivity contribution in [2.45, 2.75) is 31.2 Å². The maximum Gasteiger partial charge on any atom is 0.226 e. The third-order valence-corrected chi connectivity index (χ3v) is 5.02. The van der Waals surface area contributed by atoms with E-state index in [2.05, 4.69) is 15.0 Å². The van der Waals surface area contributed by atoms with Crippen LogP contribution in [0.15, 0.2) is 30.6 Å². The van der Waals surface area contributed by atoms with Crippen molar-refractivity contribution >= 4 is 40.2 Å². The molecule has 0 spiro atoms. The van der Waals surface area contributed by atoms with E-state index in [-0.39, 0.29) is 35.5 Å². The summed E-state index contributed by atoms with van der Waals surface area (Å²) >= 11 is 11.9. The summed E-state index contributed by atoms with van der Waals surface area (Å²) in [4.78, 5) is 11.9. The summed E-state index contributed by atoms with van der Waals surface area (Å²) in [7, 11) is 0. The molecule has 0 unspecified atom stereocenters. The first-order valence-electron chi connectivity index (χ1n) is 8.40. The summed E-state index contributed by atoms with van der Waals surface area (Å²) in [6, 6.07) is 7.21. The Bertz CT molecular complexity index is 1000. The molecule has 148 valence electrons. The lowest BCUT2D eigenvalue weighted by Gasteiger charge is -2.16. The number of hydrogen-bond acceptors (Lipinski definition) is 7. The zero-order valence-corrected chi connectivity index (χ0v) is 15.9. The third-order valence-electron chi connectivity index (χ3n) is 4.49. The Morgan fingerprint density at radius 1 is 1.29 bits per heavy atom. The largest absolute Gasteiger partial charge is 0.387 e. The van der Waals surface area contributed by atoms with Gasteiger partial charge in [0.25, 0.3) is 0 Å². The van der Waals surface area contributed by atoms with Crippen LogP contribution in [0.3, 0.4) is 0 Å². The van der Waals surface area contributed by atoms with Gasteiger partial charge in [0.15, 0.2) is 23.9 Å². The second kappa shape index (κ2) is 7.76. The van der Waals surface area contributed by atoms with Gasteiger partial charge in [-0.25, -0.2) is 9.37 Å². The smallest absolute Gasteiger partial charge is 0.226 e. The van der Waals surface area contributed by atoms with E-state index in [1.165, 1.54) is 10.9 Å². The van der Waals surface area contributed by atoms with Crippen LogP contribution < -0.4 is 5.73 Å². The van der Waals surface area contributed by atoms with Crippen LogP contribution in [0.2, 0.25) is 10.3 Å². The molecular weight excluding hydrogens is 412 g/mol. The number of fused-ring (bicyclic) bond motifs is 1. The van der Waals surface area contributed by atoms with E-state index in [1.807, 2.05) is 18.2 Å². The summed E-state index contributed by atoms with van der Waals surface area (Å²) < 4.78 is 27.3. The first kappa shape index (κ1) is 19.3. The van der Waals surface area contributed by atoms with Crippen molar-refractivity contribution in [3.8, 4) is 0 Å². The highest BCUT2D eigenvalue weighted by Crippen LogP contribution is 2.34. The fourth-order valence-electron chi connectivity index (χ4n) is 3.06. The van der Waals surface area contributed by atoms with Gasteiger partial charge in [-0.2, -0.15) is 9.97 Å². The van der Waals surface area contributed by atoms with E-state index in [0.29, 0.717) is 5.02 Å². The molecule has 4 rings (SSSR count). The molecule has 1 saturated heterocycles.